The molecular weight excluding hydrogens is 132 g/mol. The molecule has 1 nitrogen and oxygen atoms in total. The van der Waals surface area contributed by atoms with Crippen molar-refractivity contribution in [3.05, 3.63) is 0 Å². The molecule has 0 rings (SSSR count). The number of ketones is 1. The molecule has 0 heterocycles. The number of hydrogen-bond donors (Lipinski definition) is 1. The minimum Gasteiger partial charge on any atom is -0.299 e. The van der Waals surface area contributed by atoms with Gasteiger partial charge in [-0.1, -0.05) is 20.8 Å². The van der Waals surface area contributed by atoms with E-state index in [0.29, 0.717) is 12.2 Å². The second-order valence-electron chi connectivity index (χ2n) is 3.43. The molecule has 0 aromatic rings. The summed E-state index contributed by atoms with van der Waals surface area (Å²) >= 11 is 3.88. The van der Waals surface area contributed by atoms with E-state index in [0.717, 1.165) is 0 Å². The van der Waals surface area contributed by atoms with Gasteiger partial charge in [0, 0.05) is 12.2 Å². The second-order valence-corrected chi connectivity index (χ2v) is 3.75. The van der Waals surface area contributed by atoms with E-state index in [2.05, 4.69) is 12.6 Å². The molecule has 0 radical (unpaired) electrons. The maximum absolute atomic E-state index is 10.8. The minimum atomic E-state index is 0.125. The molecule has 0 bridgehead atoms. The predicted molar refractivity (Wildman–Crippen MR) is 42.9 cm³/mol. The lowest BCUT2D eigenvalue weighted by Crippen LogP contribution is -2.13. The molecule has 0 spiro atoms. The third-order valence-corrected chi connectivity index (χ3v) is 1.26. The average Bonchev–Trinajstić information content (AvgIpc) is 1.62. The van der Waals surface area contributed by atoms with Crippen LogP contribution in [0.15, 0.2) is 0 Å². The summed E-state index contributed by atoms with van der Waals surface area (Å²) in [6.07, 6.45) is 0.635. The Morgan fingerprint density at radius 1 is 1.44 bits per heavy atom. The monoisotopic (exact) mass is 146 g/mol. The van der Waals surface area contributed by atoms with Gasteiger partial charge in [0.15, 0.2) is 0 Å². The van der Waals surface area contributed by atoms with Crippen LogP contribution in [0.4, 0.5) is 0 Å². The summed E-state index contributed by atoms with van der Waals surface area (Å²) in [6.45, 7) is 6.15. The van der Waals surface area contributed by atoms with Crippen LogP contribution in [0, 0.1) is 5.41 Å². The molecule has 0 aliphatic rings. The summed E-state index contributed by atoms with van der Waals surface area (Å²) in [4.78, 5) is 10.8. The highest BCUT2D eigenvalue weighted by atomic mass is 32.1. The van der Waals surface area contributed by atoms with Gasteiger partial charge in [-0.3, -0.25) is 4.79 Å². The number of carbonyl (C=O) groups is 1. The van der Waals surface area contributed by atoms with Gasteiger partial charge in [0.2, 0.25) is 0 Å². The molecule has 0 atom stereocenters. The molecule has 0 aromatic heterocycles. The topological polar surface area (TPSA) is 17.1 Å². The van der Waals surface area contributed by atoms with Gasteiger partial charge in [0.1, 0.15) is 5.78 Å². The van der Waals surface area contributed by atoms with E-state index in [9.17, 15) is 4.79 Å². The van der Waals surface area contributed by atoms with Gasteiger partial charge in [0.25, 0.3) is 0 Å². The normalized spacial score (nSPS) is 11.6. The summed E-state index contributed by atoms with van der Waals surface area (Å²) in [5.74, 6) is 0.600. The lowest BCUT2D eigenvalue weighted by Gasteiger charge is -2.15. The van der Waals surface area contributed by atoms with Crippen LogP contribution in [-0.4, -0.2) is 11.5 Å². The van der Waals surface area contributed by atoms with Gasteiger partial charge < -0.3 is 0 Å². The minimum absolute atomic E-state index is 0.125. The third-order valence-electron chi connectivity index (χ3n) is 0.904. The Hall–Kier alpha value is 0.0200. The van der Waals surface area contributed by atoms with Gasteiger partial charge in [-0.25, -0.2) is 0 Å². The number of thiol groups is 1. The standard InChI is InChI=1S/C7H14OS/c1-7(2,3)4-6(8)5-9/h9H,4-5H2,1-3H3. The van der Waals surface area contributed by atoms with Crippen LogP contribution in [0.5, 0.6) is 0 Å². The number of rotatable bonds is 2. The van der Waals surface area contributed by atoms with Crippen LogP contribution < -0.4 is 0 Å². The van der Waals surface area contributed by atoms with Crippen LogP contribution in [0.2, 0.25) is 0 Å². The van der Waals surface area contributed by atoms with Crippen LogP contribution in [0.25, 0.3) is 0 Å². The molecule has 54 valence electrons. The smallest absolute Gasteiger partial charge is 0.143 e. The Labute approximate surface area is 62.2 Å². The van der Waals surface area contributed by atoms with Crippen molar-refractivity contribution in [2.24, 2.45) is 5.41 Å². The van der Waals surface area contributed by atoms with E-state index in [1.807, 2.05) is 20.8 Å². The molecular formula is C7H14OS. The Bertz CT molecular complexity index is 102. The van der Waals surface area contributed by atoms with E-state index < -0.39 is 0 Å². The maximum atomic E-state index is 10.8. The predicted octanol–water partition coefficient (Wildman–Crippen LogP) is 1.92. The van der Waals surface area contributed by atoms with Crippen molar-refractivity contribution in [1.82, 2.24) is 0 Å². The fourth-order valence-corrected chi connectivity index (χ4v) is 0.759. The van der Waals surface area contributed by atoms with Gasteiger partial charge in [-0.05, 0) is 5.41 Å². The highest BCUT2D eigenvalue weighted by Crippen LogP contribution is 2.18. The van der Waals surface area contributed by atoms with Crippen molar-refractivity contribution in [2.45, 2.75) is 27.2 Å². The molecule has 0 fully saturated rings. The maximum Gasteiger partial charge on any atom is 0.143 e. The van der Waals surface area contributed by atoms with Crippen molar-refractivity contribution < 1.29 is 4.79 Å². The lowest BCUT2D eigenvalue weighted by atomic mass is 9.90. The number of carbonyl (C=O) groups excluding carboxylic acids is 1. The lowest BCUT2D eigenvalue weighted by molar-refractivity contribution is -0.118. The highest BCUT2D eigenvalue weighted by Gasteiger charge is 2.13. The van der Waals surface area contributed by atoms with E-state index in [1.165, 1.54) is 0 Å². The fraction of sp³-hybridized carbons (Fsp3) is 0.857. The highest BCUT2D eigenvalue weighted by molar-refractivity contribution is 7.81. The zero-order valence-electron chi connectivity index (χ0n) is 6.27. The van der Waals surface area contributed by atoms with Gasteiger partial charge >= 0.3 is 0 Å². The molecule has 0 aromatic carbocycles. The fourth-order valence-electron chi connectivity index (χ4n) is 0.647. The van der Waals surface area contributed by atoms with E-state index in [1.54, 1.807) is 0 Å². The average molecular weight is 146 g/mol. The van der Waals surface area contributed by atoms with Crippen LogP contribution in [0.3, 0.4) is 0 Å². The molecule has 2 heteroatoms. The molecule has 0 aliphatic carbocycles. The van der Waals surface area contributed by atoms with Crippen molar-refractivity contribution in [3.8, 4) is 0 Å². The van der Waals surface area contributed by atoms with Crippen LogP contribution >= 0.6 is 12.6 Å². The molecule has 0 saturated carbocycles. The molecule has 0 aliphatic heterocycles. The SMILES string of the molecule is CC(C)(C)CC(=O)CS. The summed E-state index contributed by atoms with van der Waals surface area (Å²) in [6, 6.07) is 0. The Balaban J connectivity index is 3.60. The summed E-state index contributed by atoms with van der Waals surface area (Å²) in [5.41, 5.74) is 0.125. The van der Waals surface area contributed by atoms with Crippen molar-refractivity contribution >= 4 is 18.4 Å². The number of Topliss-reactive ketones (excluding diaryl/α,β-unsaturated/α-hetero) is 1. The first-order chi connectivity index (χ1) is 3.95. The zero-order chi connectivity index (χ0) is 7.49. The first-order valence-electron chi connectivity index (χ1n) is 3.08. The molecule has 0 saturated heterocycles. The second kappa shape index (κ2) is 3.25. The summed E-state index contributed by atoms with van der Waals surface area (Å²) in [5, 5.41) is 0. The van der Waals surface area contributed by atoms with E-state index in [-0.39, 0.29) is 11.2 Å². The first kappa shape index (κ1) is 9.02. The summed E-state index contributed by atoms with van der Waals surface area (Å²) < 4.78 is 0. The molecule has 0 unspecified atom stereocenters. The van der Waals surface area contributed by atoms with Crippen LogP contribution in [0.1, 0.15) is 27.2 Å². The van der Waals surface area contributed by atoms with Crippen molar-refractivity contribution in [1.29, 1.82) is 0 Å². The Kier molecular flexibility index (Phi) is 3.26. The van der Waals surface area contributed by atoms with Crippen molar-refractivity contribution in [2.75, 3.05) is 5.75 Å². The quantitative estimate of drug-likeness (QED) is 0.589. The molecule has 0 N–H and O–H groups in total. The third kappa shape index (κ3) is 5.90. The molecule has 9 heavy (non-hydrogen) atoms. The first-order valence-corrected chi connectivity index (χ1v) is 3.71. The van der Waals surface area contributed by atoms with E-state index >= 15 is 0 Å². The van der Waals surface area contributed by atoms with Gasteiger partial charge in [0.05, 0.1) is 0 Å². The van der Waals surface area contributed by atoms with Gasteiger partial charge in [-0.15, -0.1) is 0 Å². The zero-order valence-corrected chi connectivity index (χ0v) is 7.16. The number of hydrogen-bond acceptors (Lipinski definition) is 2. The largest absolute Gasteiger partial charge is 0.299 e. The van der Waals surface area contributed by atoms with Crippen molar-refractivity contribution in [3.63, 3.8) is 0 Å². The van der Waals surface area contributed by atoms with Gasteiger partial charge in [-0.2, -0.15) is 12.6 Å². The Morgan fingerprint density at radius 2 is 1.89 bits per heavy atom. The van der Waals surface area contributed by atoms with E-state index in [4.69, 9.17) is 0 Å². The Morgan fingerprint density at radius 3 is 2.00 bits per heavy atom. The van der Waals surface area contributed by atoms with Crippen LogP contribution in [-0.2, 0) is 4.79 Å². The molecule has 0 amide bonds. The summed E-state index contributed by atoms with van der Waals surface area (Å²) in [7, 11) is 0.